The van der Waals surface area contributed by atoms with Gasteiger partial charge in [-0.2, -0.15) is 0 Å². The van der Waals surface area contributed by atoms with Crippen LogP contribution in [0.4, 0.5) is 0 Å². The Morgan fingerprint density at radius 1 is 1.58 bits per heavy atom. The predicted octanol–water partition coefficient (Wildman–Crippen LogP) is 2.34. The van der Waals surface area contributed by atoms with E-state index in [1.165, 1.54) is 18.4 Å². The van der Waals surface area contributed by atoms with E-state index >= 15 is 0 Å². The molecule has 0 saturated heterocycles. The van der Waals surface area contributed by atoms with E-state index in [0.717, 1.165) is 0 Å². The highest BCUT2D eigenvalue weighted by Crippen LogP contribution is 2.54. The maximum Gasteiger partial charge on any atom is 0.0950 e. The molecule has 1 unspecified atom stereocenters. The largest absolute Gasteiger partial charge is 0.472 e. The Morgan fingerprint density at radius 3 is 2.75 bits per heavy atom. The van der Waals surface area contributed by atoms with E-state index in [-0.39, 0.29) is 0 Å². The van der Waals surface area contributed by atoms with Crippen LogP contribution in [0.1, 0.15) is 31.4 Å². The van der Waals surface area contributed by atoms with Crippen molar-refractivity contribution in [1.82, 2.24) is 5.32 Å². The Kier molecular flexibility index (Phi) is 1.72. The summed E-state index contributed by atoms with van der Waals surface area (Å²) in [4.78, 5) is 0. The van der Waals surface area contributed by atoms with Crippen molar-refractivity contribution in [2.45, 2.75) is 25.8 Å². The molecule has 1 aliphatic carbocycles. The number of rotatable bonds is 3. The molecule has 0 spiro atoms. The van der Waals surface area contributed by atoms with E-state index in [1.54, 1.807) is 6.26 Å². The summed E-state index contributed by atoms with van der Waals surface area (Å²) in [7, 11) is 2.02. The minimum Gasteiger partial charge on any atom is -0.472 e. The third-order valence-electron chi connectivity index (χ3n) is 2.90. The number of furan rings is 1. The van der Waals surface area contributed by atoms with Gasteiger partial charge in [-0.1, -0.05) is 6.92 Å². The van der Waals surface area contributed by atoms with Gasteiger partial charge in [-0.05, 0) is 31.4 Å². The van der Waals surface area contributed by atoms with Crippen molar-refractivity contribution in [1.29, 1.82) is 0 Å². The number of hydrogen-bond acceptors (Lipinski definition) is 2. The van der Waals surface area contributed by atoms with Crippen LogP contribution in [-0.2, 0) is 0 Å². The Labute approximate surface area is 73.0 Å². The van der Waals surface area contributed by atoms with Gasteiger partial charge in [0, 0.05) is 11.6 Å². The molecule has 1 saturated carbocycles. The van der Waals surface area contributed by atoms with Gasteiger partial charge in [0.25, 0.3) is 0 Å². The minimum atomic E-state index is 0.469. The first-order valence-electron chi connectivity index (χ1n) is 4.46. The first-order chi connectivity index (χ1) is 5.76. The monoisotopic (exact) mass is 165 g/mol. The van der Waals surface area contributed by atoms with Crippen molar-refractivity contribution >= 4 is 0 Å². The zero-order chi connectivity index (χ0) is 8.60. The zero-order valence-corrected chi connectivity index (χ0v) is 7.63. The average Bonchev–Trinajstić information content (AvgIpc) is 2.63. The van der Waals surface area contributed by atoms with E-state index in [0.29, 0.717) is 11.5 Å². The van der Waals surface area contributed by atoms with Crippen molar-refractivity contribution in [3.8, 4) is 0 Å². The lowest BCUT2D eigenvalue weighted by Gasteiger charge is -2.21. The molecule has 1 aromatic rings. The Hall–Kier alpha value is -0.760. The standard InChI is InChI=1S/C10H15NO/c1-10(4-5-10)9(11-2)8-3-6-12-7-8/h3,6-7,9,11H,4-5H2,1-2H3. The van der Waals surface area contributed by atoms with Crippen molar-refractivity contribution in [2.24, 2.45) is 5.41 Å². The molecule has 1 atom stereocenters. The fraction of sp³-hybridized carbons (Fsp3) is 0.600. The van der Waals surface area contributed by atoms with Gasteiger partial charge in [0.15, 0.2) is 0 Å². The molecule has 0 radical (unpaired) electrons. The van der Waals surface area contributed by atoms with Gasteiger partial charge in [-0.3, -0.25) is 0 Å². The summed E-state index contributed by atoms with van der Waals surface area (Å²) >= 11 is 0. The topological polar surface area (TPSA) is 25.2 Å². The third-order valence-corrected chi connectivity index (χ3v) is 2.90. The van der Waals surface area contributed by atoms with E-state index in [4.69, 9.17) is 4.42 Å². The minimum absolute atomic E-state index is 0.469. The maximum absolute atomic E-state index is 5.08. The summed E-state index contributed by atoms with van der Waals surface area (Å²) in [5.74, 6) is 0. The van der Waals surface area contributed by atoms with Crippen LogP contribution in [0.25, 0.3) is 0 Å². The summed E-state index contributed by atoms with van der Waals surface area (Å²) < 4.78 is 5.08. The summed E-state index contributed by atoms with van der Waals surface area (Å²) in [6.07, 6.45) is 6.23. The Balaban J connectivity index is 2.19. The fourth-order valence-corrected chi connectivity index (χ4v) is 1.84. The first kappa shape index (κ1) is 7.87. The van der Waals surface area contributed by atoms with Crippen LogP contribution in [-0.4, -0.2) is 7.05 Å². The number of nitrogens with one attached hydrogen (secondary N) is 1. The molecule has 66 valence electrons. The van der Waals surface area contributed by atoms with E-state index < -0.39 is 0 Å². The maximum atomic E-state index is 5.08. The van der Waals surface area contributed by atoms with Crippen molar-refractivity contribution in [3.05, 3.63) is 24.2 Å². The lowest BCUT2D eigenvalue weighted by Crippen LogP contribution is -2.23. The van der Waals surface area contributed by atoms with Crippen LogP contribution in [0.15, 0.2) is 23.0 Å². The fourth-order valence-electron chi connectivity index (χ4n) is 1.84. The van der Waals surface area contributed by atoms with Crippen LogP contribution in [0.3, 0.4) is 0 Å². The van der Waals surface area contributed by atoms with E-state index in [1.807, 2.05) is 19.4 Å². The zero-order valence-electron chi connectivity index (χ0n) is 7.63. The molecule has 12 heavy (non-hydrogen) atoms. The van der Waals surface area contributed by atoms with Gasteiger partial charge in [0.05, 0.1) is 12.5 Å². The van der Waals surface area contributed by atoms with Gasteiger partial charge in [0.2, 0.25) is 0 Å². The van der Waals surface area contributed by atoms with Crippen LogP contribution in [0.2, 0.25) is 0 Å². The molecule has 0 amide bonds. The molecule has 0 bridgehead atoms. The smallest absolute Gasteiger partial charge is 0.0950 e. The Bertz CT molecular complexity index is 249. The van der Waals surface area contributed by atoms with Gasteiger partial charge in [0.1, 0.15) is 0 Å². The van der Waals surface area contributed by atoms with Crippen LogP contribution >= 0.6 is 0 Å². The van der Waals surface area contributed by atoms with Crippen LogP contribution < -0.4 is 5.32 Å². The molecule has 1 N–H and O–H groups in total. The van der Waals surface area contributed by atoms with Gasteiger partial charge >= 0.3 is 0 Å². The quantitative estimate of drug-likeness (QED) is 0.743. The average molecular weight is 165 g/mol. The second-order valence-corrected chi connectivity index (χ2v) is 3.93. The van der Waals surface area contributed by atoms with Crippen LogP contribution in [0, 0.1) is 5.41 Å². The molecule has 2 rings (SSSR count). The second-order valence-electron chi connectivity index (χ2n) is 3.93. The summed E-state index contributed by atoms with van der Waals surface area (Å²) in [6.45, 7) is 2.32. The van der Waals surface area contributed by atoms with Crippen molar-refractivity contribution in [2.75, 3.05) is 7.05 Å². The second kappa shape index (κ2) is 2.63. The highest BCUT2D eigenvalue weighted by atomic mass is 16.3. The highest BCUT2D eigenvalue weighted by molar-refractivity contribution is 5.18. The molecule has 1 fully saturated rings. The lowest BCUT2D eigenvalue weighted by molar-refractivity contribution is 0.387. The molecule has 1 heterocycles. The summed E-state index contributed by atoms with van der Waals surface area (Å²) in [6, 6.07) is 2.52. The van der Waals surface area contributed by atoms with Gasteiger partial charge < -0.3 is 9.73 Å². The molecular weight excluding hydrogens is 150 g/mol. The Morgan fingerprint density at radius 2 is 2.33 bits per heavy atom. The molecular formula is C10H15NO. The molecule has 1 aromatic heterocycles. The van der Waals surface area contributed by atoms with Crippen LogP contribution in [0.5, 0.6) is 0 Å². The third kappa shape index (κ3) is 1.16. The first-order valence-corrected chi connectivity index (χ1v) is 4.46. The molecule has 2 heteroatoms. The summed E-state index contributed by atoms with van der Waals surface area (Å²) in [5.41, 5.74) is 1.75. The number of hydrogen-bond donors (Lipinski definition) is 1. The molecule has 1 aliphatic rings. The van der Waals surface area contributed by atoms with E-state index in [2.05, 4.69) is 12.2 Å². The van der Waals surface area contributed by atoms with Gasteiger partial charge in [-0.15, -0.1) is 0 Å². The highest BCUT2D eigenvalue weighted by Gasteiger charge is 2.45. The summed E-state index contributed by atoms with van der Waals surface area (Å²) in [5, 5.41) is 3.35. The van der Waals surface area contributed by atoms with Crippen molar-refractivity contribution in [3.63, 3.8) is 0 Å². The van der Waals surface area contributed by atoms with Gasteiger partial charge in [-0.25, -0.2) is 0 Å². The van der Waals surface area contributed by atoms with E-state index in [9.17, 15) is 0 Å². The molecule has 2 nitrogen and oxygen atoms in total. The predicted molar refractivity (Wildman–Crippen MR) is 47.8 cm³/mol. The normalized spacial score (nSPS) is 22.2. The van der Waals surface area contributed by atoms with Crippen molar-refractivity contribution < 1.29 is 4.42 Å². The molecule has 0 aromatic carbocycles. The molecule has 0 aliphatic heterocycles. The lowest BCUT2D eigenvalue weighted by atomic mass is 9.94. The SMILES string of the molecule is CNC(c1ccoc1)C1(C)CC1.